The van der Waals surface area contributed by atoms with Crippen molar-refractivity contribution >= 4 is 23.3 Å². The largest absolute Gasteiger partial charge is 0.481 e. The van der Waals surface area contributed by atoms with Crippen LogP contribution in [0.3, 0.4) is 0 Å². The first kappa shape index (κ1) is 32.1. The Labute approximate surface area is 256 Å². The number of rotatable bonds is 17. The number of halogens is 1. The summed E-state index contributed by atoms with van der Waals surface area (Å²) in [6.07, 6.45) is 2.97. The van der Waals surface area contributed by atoms with Crippen molar-refractivity contribution < 1.29 is 28.9 Å². The molecule has 43 heavy (non-hydrogen) atoms. The Morgan fingerprint density at radius 1 is 0.860 bits per heavy atom. The molecule has 8 heteroatoms. The van der Waals surface area contributed by atoms with E-state index in [-0.39, 0.29) is 18.1 Å². The first-order chi connectivity index (χ1) is 20.8. The number of unbranched alkanes of at least 4 members (excludes halogenated alkanes) is 1. The molecule has 1 heterocycles. The van der Waals surface area contributed by atoms with Crippen molar-refractivity contribution in [3.05, 3.63) is 128 Å². The van der Waals surface area contributed by atoms with E-state index in [1.54, 1.807) is 17.4 Å². The van der Waals surface area contributed by atoms with E-state index in [4.69, 9.17) is 9.84 Å². The lowest BCUT2D eigenvalue weighted by atomic mass is 10.0. The Hall–Kier alpha value is -3.85. The standard InChI is InChI=1S/C35H38FNO5S/c1-25-10-19-33(43-25)32(42-24-28-15-13-27(14-16-28)12-11-26-7-3-2-4-8-26)23-37(20-6-5-9-34(38)39)22-29-17-18-30(35(40)41)31(36)21-29/h2-4,7-8,10,13-19,21,32H,5-6,9,11-12,20,22-24H2,1H3,(H,38,39)(H,40,41). The number of aryl methyl sites for hydroxylation is 3. The van der Waals surface area contributed by atoms with E-state index >= 15 is 0 Å². The third kappa shape index (κ3) is 10.4. The number of carboxylic acid groups (broad SMARTS) is 2. The average molecular weight is 604 g/mol. The molecule has 0 radical (unpaired) electrons. The number of ether oxygens (including phenoxy) is 1. The summed E-state index contributed by atoms with van der Waals surface area (Å²) in [6, 6.07) is 27.3. The number of aliphatic carboxylic acids is 1. The molecule has 0 bridgehead atoms. The van der Waals surface area contributed by atoms with Gasteiger partial charge in [0.1, 0.15) is 11.9 Å². The molecule has 6 nitrogen and oxygen atoms in total. The van der Waals surface area contributed by atoms with Crippen molar-refractivity contribution in [3.63, 3.8) is 0 Å². The van der Waals surface area contributed by atoms with Gasteiger partial charge in [-0.1, -0.05) is 60.7 Å². The molecule has 226 valence electrons. The minimum absolute atomic E-state index is 0.0845. The van der Waals surface area contributed by atoms with Crippen molar-refractivity contribution in [2.45, 2.75) is 58.3 Å². The lowest BCUT2D eigenvalue weighted by Crippen LogP contribution is -2.30. The predicted molar refractivity (Wildman–Crippen MR) is 167 cm³/mol. The lowest BCUT2D eigenvalue weighted by Gasteiger charge is -2.28. The number of nitrogens with zero attached hydrogens (tertiary/aromatic N) is 1. The molecule has 1 aromatic heterocycles. The Morgan fingerprint density at radius 2 is 1.53 bits per heavy atom. The second-order valence-electron chi connectivity index (χ2n) is 10.8. The van der Waals surface area contributed by atoms with Gasteiger partial charge >= 0.3 is 11.9 Å². The van der Waals surface area contributed by atoms with Crippen LogP contribution in [0.4, 0.5) is 4.39 Å². The summed E-state index contributed by atoms with van der Waals surface area (Å²) < 4.78 is 21.0. The summed E-state index contributed by atoms with van der Waals surface area (Å²) in [5, 5.41) is 18.3. The van der Waals surface area contributed by atoms with Gasteiger partial charge in [-0.15, -0.1) is 11.3 Å². The number of benzene rings is 3. The molecular formula is C35H38FNO5S. The summed E-state index contributed by atoms with van der Waals surface area (Å²) in [4.78, 5) is 26.7. The van der Waals surface area contributed by atoms with Crippen LogP contribution in [0.25, 0.3) is 0 Å². The first-order valence-corrected chi connectivity index (χ1v) is 15.3. The SMILES string of the molecule is Cc1ccc(C(CN(CCCCC(=O)O)Cc2ccc(C(=O)O)c(F)c2)OCc2ccc(CCc3ccccc3)cc2)s1. The fourth-order valence-corrected chi connectivity index (χ4v) is 5.87. The van der Waals surface area contributed by atoms with E-state index in [1.165, 1.54) is 28.1 Å². The monoisotopic (exact) mass is 603 g/mol. The number of hydrogen-bond donors (Lipinski definition) is 2. The highest BCUT2D eigenvalue weighted by atomic mass is 32.1. The molecular weight excluding hydrogens is 565 g/mol. The second kappa shape index (κ2) is 16.1. The lowest BCUT2D eigenvalue weighted by molar-refractivity contribution is -0.137. The number of carbonyl (C=O) groups is 2. The van der Waals surface area contributed by atoms with Gasteiger partial charge in [-0.3, -0.25) is 9.69 Å². The summed E-state index contributed by atoms with van der Waals surface area (Å²) in [6.45, 7) is 3.97. The van der Waals surface area contributed by atoms with Gasteiger partial charge in [-0.05, 0) is 85.7 Å². The fraction of sp³-hybridized carbons (Fsp3) is 0.314. The summed E-state index contributed by atoms with van der Waals surface area (Å²) in [5.41, 5.74) is 3.94. The third-order valence-corrected chi connectivity index (χ3v) is 8.40. The zero-order valence-electron chi connectivity index (χ0n) is 24.4. The molecule has 0 amide bonds. The molecule has 1 unspecified atom stereocenters. The quantitative estimate of drug-likeness (QED) is 0.120. The van der Waals surface area contributed by atoms with E-state index in [2.05, 4.69) is 72.5 Å². The molecule has 0 aliphatic carbocycles. The Bertz CT molecular complexity index is 1470. The highest BCUT2D eigenvalue weighted by Crippen LogP contribution is 2.28. The van der Waals surface area contributed by atoms with Crippen molar-refractivity contribution in [1.82, 2.24) is 4.90 Å². The minimum atomic E-state index is -1.31. The molecule has 0 saturated heterocycles. The zero-order chi connectivity index (χ0) is 30.6. The normalized spacial score (nSPS) is 12.0. The summed E-state index contributed by atoms with van der Waals surface area (Å²) in [7, 11) is 0. The van der Waals surface area contributed by atoms with Crippen molar-refractivity contribution in [2.75, 3.05) is 13.1 Å². The van der Waals surface area contributed by atoms with Crippen LogP contribution in [0.2, 0.25) is 0 Å². The number of aromatic carboxylic acids is 1. The van der Waals surface area contributed by atoms with E-state index in [0.29, 0.717) is 44.6 Å². The molecule has 0 fully saturated rings. The van der Waals surface area contributed by atoms with Crippen LogP contribution in [0.15, 0.2) is 84.9 Å². The van der Waals surface area contributed by atoms with Gasteiger partial charge in [0.05, 0.1) is 12.2 Å². The number of carboxylic acids is 2. The first-order valence-electron chi connectivity index (χ1n) is 14.5. The zero-order valence-corrected chi connectivity index (χ0v) is 25.2. The molecule has 2 N–H and O–H groups in total. The van der Waals surface area contributed by atoms with Crippen LogP contribution in [0, 0.1) is 12.7 Å². The van der Waals surface area contributed by atoms with Crippen molar-refractivity contribution in [2.24, 2.45) is 0 Å². The summed E-state index contributed by atoms with van der Waals surface area (Å²) in [5.74, 6) is -2.91. The van der Waals surface area contributed by atoms with Gasteiger partial charge < -0.3 is 14.9 Å². The van der Waals surface area contributed by atoms with Gasteiger partial charge in [0.25, 0.3) is 0 Å². The Morgan fingerprint density at radius 3 is 2.16 bits per heavy atom. The average Bonchev–Trinajstić information content (AvgIpc) is 3.43. The highest BCUT2D eigenvalue weighted by Gasteiger charge is 2.20. The third-order valence-electron chi connectivity index (χ3n) is 7.31. The van der Waals surface area contributed by atoms with E-state index in [0.717, 1.165) is 23.3 Å². The van der Waals surface area contributed by atoms with Gasteiger partial charge in [0, 0.05) is 29.3 Å². The van der Waals surface area contributed by atoms with Crippen molar-refractivity contribution in [3.8, 4) is 0 Å². The molecule has 4 rings (SSSR count). The maximum absolute atomic E-state index is 14.5. The smallest absolute Gasteiger partial charge is 0.338 e. The van der Waals surface area contributed by atoms with Crippen molar-refractivity contribution in [1.29, 1.82) is 0 Å². The van der Waals surface area contributed by atoms with Crippen LogP contribution in [-0.2, 0) is 35.5 Å². The number of hydrogen-bond acceptors (Lipinski definition) is 5. The van der Waals surface area contributed by atoms with Crippen LogP contribution in [0.5, 0.6) is 0 Å². The van der Waals surface area contributed by atoms with E-state index < -0.39 is 17.8 Å². The molecule has 1 atom stereocenters. The molecule has 4 aromatic rings. The predicted octanol–water partition coefficient (Wildman–Crippen LogP) is 7.69. The Kier molecular flexibility index (Phi) is 12.0. The van der Waals surface area contributed by atoms with Gasteiger partial charge in [0.15, 0.2) is 0 Å². The highest BCUT2D eigenvalue weighted by molar-refractivity contribution is 7.12. The molecule has 0 spiro atoms. The molecule has 3 aromatic carbocycles. The molecule has 0 aliphatic heterocycles. The molecule has 0 aliphatic rings. The van der Waals surface area contributed by atoms with Crippen LogP contribution >= 0.6 is 11.3 Å². The van der Waals surface area contributed by atoms with Gasteiger partial charge in [-0.25, -0.2) is 9.18 Å². The van der Waals surface area contributed by atoms with Gasteiger partial charge in [0.2, 0.25) is 0 Å². The Balaban J connectivity index is 1.44. The number of thiophene rings is 1. The summed E-state index contributed by atoms with van der Waals surface area (Å²) >= 11 is 1.67. The van der Waals surface area contributed by atoms with Gasteiger partial charge in [-0.2, -0.15) is 0 Å². The van der Waals surface area contributed by atoms with Crippen LogP contribution < -0.4 is 0 Å². The second-order valence-corrected chi connectivity index (χ2v) is 12.1. The minimum Gasteiger partial charge on any atom is -0.481 e. The topological polar surface area (TPSA) is 87.1 Å². The van der Waals surface area contributed by atoms with Crippen LogP contribution in [-0.4, -0.2) is 40.1 Å². The van der Waals surface area contributed by atoms with E-state index in [1.807, 2.05) is 6.07 Å². The maximum Gasteiger partial charge on any atom is 0.338 e. The van der Waals surface area contributed by atoms with Crippen LogP contribution in [0.1, 0.15) is 67.7 Å². The van der Waals surface area contributed by atoms with E-state index in [9.17, 15) is 19.1 Å². The fourth-order valence-electron chi connectivity index (χ4n) is 4.95. The maximum atomic E-state index is 14.5. The molecule has 0 saturated carbocycles.